The molecule has 1 aliphatic carbocycles. The van der Waals surface area contributed by atoms with Crippen molar-refractivity contribution in [3.05, 3.63) is 35.4 Å². The summed E-state index contributed by atoms with van der Waals surface area (Å²) in [6, 6.07) is 8.89. The van der Waals surface area contributed by atoms with Gasteiger partial charge in [0.25, 0.3) is 0 Å². The number of hydrogen-bond donors (Lipinski definition) is 0. The molecule has 0 bridgehead atoms. The largest absolute Gasteiger partial charge is 0.500 e. The first-order chi connectivity index (χ1) is 13.1. The fraction of sp³-hybridized carbons (Fsp3) is 0.667. The zero-order valence-electron chi connectivity index (χ0n) is 17.2. The fourth-order valence-electron chi connectivity index (χ4n) is 3.74. The minimum absolute atomic E-state index is 0.123. The van der Waals surface area contributed by atoms with E-state index in [1.54, 1.807) is 0 Å². The Kier molecular flexibility index (Phi) is 9.52. The predicted octanol–water partition coefficient (Wildman–Crippen LogP) is 4.99. The number of carbonyl (C=O) groups excluding carboxylic acids is 1. The summed E-state index contributed by atoms with van der Waals surface area (Å²) >= 11 is 1.89. The molecule has 152 valence electrons. The molecule has 1 aromatic rings. The van der Waals surface area contributed by atoms with Crippen molar-refractivity contribution < 1.29 is 18.1 Å². The van der Waals surface area contributed by atoms with Gasteiger partial charge in [0.1, 0.15) is 0 Å². The van der Waals surface area contributed by atoms with Crippen molar-refractivity contribution in [2.75, 3.05) is 25.6 Å². The monoisotopic (exact) mass is 410 g/mol. The average molecular weight is 411 g/mol. The lowest BCUT2D eigenvalue weighted by Crippen LogP contribution is -2.46. The van der Waals surface area contributed by atoms with E-state index in [1.807, 2.05) is 50.7 Å². The fourth-order valence-corrected chi connectivity index (χ4v) is 7.79. The molecule has 2 rings (SSSR count). The van der Waals surface area contributed by atoms with Crippen LogP contribution in [0.1, 0.15) is 56.5 Å². The topological polar surface area (TPSA) is 44.8 Å². The van der Waals surface area contributed by atoms with Gasteiger partial charge in [-0.25, -0.2) is 0 Å². The molecule has 1 aliphatic rings. The number of Topliss-reactive ketones (excluding diaryl/α,β-unsaturated/α-hetero) is 1. The highest BCUT2D eigenvalue weighted by molar-refractivity contribution is 7.99. The lowest BCUT2D eigenvalue weighted by molar-refractivity contribution is 0.0712. The zero-order chi connectivity index (χ0) is 19.7. The highest BCUT2D eigenvalue weighted by Gasteiger charge is 2.39. The summed E-state index contributed by atoms with van der Waals surface area (Å²) < 4.78 is 17.8. The molecular weight excluding hydrogens is 376 g/mol. The molecule has 6 heteroatoms. The molecule has 0 aliphatic heterocycles. The molecule has 27 heavy (non-hydrogen) atoms. The molecule has 4 nitrogen and oxygen atoms in total. The summed E-state index contributed by atoms with van der Waals surface area (Å²) in [7, 11) is -2.55. The van der Waals surface area contributed by atoms with Gasteiger partial charge < -0.3 is 13.3 Å². The molecule has 0 amide bonds. The Labute approximate surface area is 169 Å². The number of carbonyl (C=O) groups is 1. The third-order valence-corrected chi connectivity index (χ3v) is 9.54. The van der Waals surface area contributed by atoms with Crippen LogP contribution in [0, 0.1) is 5.92 Å². The second-order valence-electron chi connectivity index (χ2n) is 6.83. The third-order valence-electron chi connectivity index (χ3n) is 5.01. The summed E-state index contributed by atoms with van der Waals surface area (Å²) in [5, 5.41) is 0.327. The number of hydrogen-bond acceptors (Lipinski definition) is 5. The molecular formula is C21H34O4SSi. The van der Waals surface area contributed by atoms with Gasteiger partial charge in [-0.3, -0.25) is 4.79 Å². The Balaban J connectivity index is 1.85. The molecule has 2 atom stereocenters. The Morgan fingerprint density at radius 2 is 1.74 bits per heavy atom. The van der Waals surface area contributed by atoms with Crippen LogP contribution < -0.4 is 0 Å². The van der Waals surface area contributed by atoms with Gasteiger partial charge in [0.2, 0.25) is 0 Å². The number of ketones is 1. The van der Waals surface area contributed by atoms with Crippen LogP contribution in [0.3, 0.4) is 0 Å². The normalized spacial score (nSPS) is 18.4. The van der Waals surface area contributed by atoms with Gasteiger partial charge in [-0.05, 0) is 51.3 Å². The summed E-state index contributed by atoms with van der Waals surface area (Å²) in [6.07, 6.45) is 2.95. The van der Waals surface area contributed by atoms with E-state index in [0.717, 1.165) is 36.6 Å². The highest BCUT2D eigenvalue weighted by atomic mass is 32.2. The minimum Gasteiger partial charge on any atom is -0.374 e. The number of rotatable bonds is 12. The molecule has 0 saturated carbocycles. The lowest BCUT2D eigenvalue weighted by Gasteiger charge is -2.29. The van der Waals surface area contributed by atoms with E-state index in [4.69, 9.17) is 13.3 Å². The first-order valence-corrected chi connectivity index (χ1v) is 13.2. The van der Waals surface area contributed by atoms with E-state index in [9.17, 15) is 4.79 Å². The van der Waals surface area contributed by atoms with E-state index >= 15 is 0 Å². The quantitative estimate of drug-likeness (QED) is 0.359. The minimum atomic E-state index is -2.55. The van der Waals surface area contributed by atoms with E-state index in [-0.39, 0.29) is 5.92 Å². The summed E-state index contributed by atoms with van der Waals surface area (Å²) in [4.78, 5) is 12.8. The predicted molar refractivity (Wildman–Crippen MR) is 115 cm³/mol. The van der Waals surface area contributed by atoms with E-state index in [0.29, 0.717) is 30.9 Å². The highest BCUT2D eigenvalue weighted by Crippen LogP contribution is 2.33. The van der Waals surface area contributed by atoms with Gasteiger partial charge in [-0.1, -0.05) is 31.2 Å². The van der Waals surface area contributed by atoms with Crippen molar-refractivity contribution in [2.24, 2.45) is 5.92 Å². The SMILES string of the molecule is CCO[Si](CCCSC(C)C1CCc2ccccc2C1=O)(OCC)OCC. The lowest BCUT2D eigenvalue weighted by atomic mass is 9.81. The molecule has 0 N–H and O–H groups in total. The molecule has 0 saturated heterocycles. The van der Waals surface area contributed by atoms with Crippen molar-refractivity contribution >= 4 is 26.3 Å². The molecule has 0 heterocycles. The number of thioether (sulfide) groups is 1. The first kappa shape index (κ1) is 22.6. The standard InChI is InChI=1S/C21H34O4SSi/c1-5-23-27(24-6-2,25-7-3)16-10-15-26-17(4)19-14-13-18-11-8-9-12-20(18)21(19)22/h8-9,11-12,17,19H,5-7,10,13-16H2,1-4H3. The van der Waals surface area contributed by atoms with Gasteiger partial charge in [0.15, 0.2) is 5.78 Å². The van der Waals surface area contributed by atoms with Crippen molar-refractivity contribution in [2.45, 2.75) is 58.3 Å². The Hall–Kier alpha value is -0.663. The van der Waals surface area contributed by atoms with Crippen LogP contribution in [0.5, 0.6) is 0 Å². The second-order valence-corrected chi connectivity index (χ2v) is 11.0. The van der Waals surface area contributed by atoms with E-state index in [2.05, 4.69) is 13.0 Å². The van der Waals surface area contributed by atoms with Crippen LogP contribution in [-0.2, 0) is 19.7 Å². The summed E-state index contributed by atoms with van der Waals surface area (Å²) in [6.45, 7) is 10.0. The molecule has 0 aromatic heterocycles. The van der Waals surface area contributed by atoms with Gasteiger partial charge in [0.05, 0.1) is 0 Å². The van der Waals surface area contributed by atoms with E-state index in [1.165, 1.54) is 5.56 Å². The van der Waals surface area contributed by atoms with Gasteiger partial charge in [0, 0.05) is 42.6 Å². The van der Waals surface area contributed by atoms with Crippen molar-refractivity contribution in [3.8, 4) is 0 Å². The van der Waals surface area contributed by atoms with Gasteiger partial charge in [-0.15, -0.1) is 0 Å². The number of benzene rings is 1. The van der Waals surface area contributed by atoms with Crippen LogP contribution in [0.4, 0.5) is 0 Å². The first-order valence-electron chi connectivity index (χ1n) is 10.2. The summed E-state index contributed by atoms with van der Waals surface area (Å²) in [5.74, 6) is 1.44. The number of aryl methyl sites for hydroxylation is 1. The van der Waals surface area contributed by atoms with E-state index < -0.39 is 8.80 Å². The Morgan fingerprint density at radius 1 is 1.11 bits per heavy atom. The molecule has 0 fully saturated rings. The Morgan fingerprint density at radius 3 is 2.37 bits per heavy atom. The second kappa shape index (κ2) is 11.4. The average Bonchev–Trinajstić information content (AvgIpc) is 2.66. The molecule has 2 unspecified atom stereocenters. The third kappa shape index (κ3) is 6.16. The zero-order valence-corrected chi connectivity index (χ0v) is 19.0. The van der Waals surface area contributed by atoms with Crippen molar-refractivity contribution in [1.82, 2.24) is 0 Å². The van der Waals surface area contributed by atoms with Crippen LogP contribution >= 0.6 is 11.8 Å². The van der Waals surface area contributed by atoms with Crippen LogP contribution in [0.2, 0.25) is 6.04 Å². The van der Waals surface area contributed by atoms with Crippen LogP contribution in [-0.4, -0.2) is 45.4 Å². The summed E-state index contributed by atoms with van der Waals surface area (Å²) in [5.41, 5.74) is 2.13. The molecule has 0 radical (unpaired) electrons. The van der Waals surface area contributed by atoms with Crippen LogP contribution in [0.25, 0.3) is 0 Å². The maximum absolute atomic E-state index is 12.8. The molecule has 0 spiro atoms. The van der Waals surface area contributed by atoms with Crippen LogP contribution in [0.15, 0.2) is 24.3 Å². The maximum atomic E-state index is 12.8. The molecule has 1 aromatic carbocycles. The van der Waals surface area contributed by atoms with Crippen molar-refractivity contribution in [1.29, 1.82) is 0 Å². The van der Waals surface area contributed by atoms with Crippen molar-refractivity contribution in [3.63, 3.8) is 0 Å². The smallest absolute Gasteiger partial charge is 0.374 e. The Bertz CT molecular complexity index is 578. The number of fused-ring (bicyclic) bond motifs is 1. The maximum Gasteiger partial charge on any atom is 0.500 e. The van der Waals surface area contributed by atoms with Gasteiger partial charge in [-0.2, -0.15) is 11.8 Å². The van der Waals surface area contributed by atoms with Gasteiger partial charge >= 0.3 is 8.80 Å².